The lowest BCUT2D eigenvalue weighted by Gasteiger charge is -2.14. The first-order valence-electron chi connectivity index (χ1n) is 8.12. The van der Waals surface area contributed by atoms with Crippen molar-refractivity contribution in [1.29, 1.82) is 0 Å². The summed E-state index contributed by atoms with van der Waals surface area (Å²) < 4.78 is 26.8. The number of phenolic OH excluding ortho intramolecular Hbond substituents is 1. The lowest BCUT2D eigenvalue weighted by molar-refractivity contribution is 0.0693. The molecule has 134 valence electrons. The fraction of sp³-hybridized carbons (Fsp3) is 0. The maximum atomic E-state index is 13.4. The van der Waals surface area contributed by atoms with E-state index < -0.39 is 21.6 Å². The summed E-state index contributed by atoms with van der Waals surface area (Å²) in [4.78, 5) is 11.1. The number of fused-ring (bicyclic) bond motifs is 2. The highest BCUT2D eigenvalue weighted by molar-refractivity contribution is 7.92. The van der Waals surface area contributed by atoms with Crippen molar-refractivity contribution >= 4 is 37.4 Å². The van der Waals surface area contributed by atoms with Crippen LogP contribution in [0.3, 0.4) is 0 Å². The Morgan fingerprint density at radius 2 is 1.30 bits per heavy atom. The van der Waals surface area contributed by atoms with Gasteiger partial charge in [-0.05, 0) is 22.9 Å². The summed E-state index contributed by atoms with van der Waals surface area (Å²) in [5.41, 5.74) is -0.332. The lowest BCUT2D eigenvalue weighted by atomic mass is 10.1. The van der Waals surface area contributed by atoms with Crippen LogP contribution in [0.4, 0.5) is 0 Å². The van der Waals surface area contributed by atoms with E-state index in [0.717, 1.165) is 0 Å². The quantitative estimate of drug-likeness (QED) is 0.557. The zero-order chi connectivity index (χ0) is 19.2. The molecule has 0 unspecified atom stereocenters. The van der Waals surface area contributed by atoms with Crippen molar-refractivity contribution < 1.29 is 23.4 Å². The lowest BCUT2D eigenvalue weighted by Crippen LogP contribution is -2.10. The first kappa shape index (κ1) is 17.1. The molecule has 4 rings (SSSR count). The highest BCUT2D eigenvalue weighted by atomic mass is 32.2. The van der Waals surface area contributed by atoms with Crippen LogP contribution in [0, 0.1) is 0 Å². The highest BCUT2D eigenvalue weighted by Gasteiger charge is 2.29. The van der Waals surface area contributed by atoms with Crippen molar-refractivity contribution in [3.63, 3.8) is 0 Å². The van der Waals surface area contributed by atoms with Crippen molar-refractivity contribution in [2.45, 2.75) is 9.79 Å². The van der Waals surface area contributed by atoms with Crippen LogP contribution in [0.1, 0.15) is 10.4 Å². The first-order valence-corrected chi connectivity index (χ1v) is 9.60. The maximum absolute atomic E-state index is 13.4. The number of rotatable bonds is 3. The van der Waals surface area contributed by atoms with E-state index in [2.05, 4.69) is 0 Å². The molecule has 0 aliphatic rings. The predicted molar refractivity (Wildman–Crippen MR) is 102 cm³/mol. The molecule has 0 aliphatic heterocycles. The van der Waals surface area contributed by atoms with Gasteiger partial charge in [0.25, 0.3) is 0 Å². The normalized spacial score (nSPS) is 11.7. The molecule has 0 atom stereocenters. The molecule has 4 aromatic carbocycles. The SMILES string of the molecule is O=C(O)c1ccc2ccccc2c1S(=O)(=O)c1ccc2ccccc2c1O. The van der Waals surface area contributed by atoms with Crippen molar-refractivity contribution in [3.8, 4) is 5.75 Å². The Morgan fingerprint density at radius 3 is 1.96 bits per heavy atom. The molecule has 5 nitrogen and oxygen atoms in total. The van der Waals surface area contributed by atoms with Gasteiger partial charge in [0.1, 0.15) is 10.6 Å². The van der Waals surface area contributed by atoms with Gasteiger partial charge in [0.2, 0.25) is 9.84 Å². The first-order chi connectivity index (χ1) is 12.9. The van der Waals surface area contributed by atoms with Crippen LogP contribution in [-0.2, 0) is 9.84 Å². The average molecular weight is 378 g/mol. The second-order valence-electron chi connectivity index (χ2n) is 6.11. The molecule has 0 aromatic heterocycles. The van der Waals surface area contributed by atoms with Gasteiger partial charge < -0.3 is 10.2 Å². The number of sulfone groups is 1. The largest absolute Gasteiger partial charge is 0.506 e. The fourth-order valence-corrected chi connectivity index (χ4v) is 5.01. The maximum Gasteiger partial charge on any atom is 0.337 e. The molecular formula is C21H14O5S. The minimum Gasteiger partial charge on any atom is -0.506 e. The van der Waals surface area contributed by atoms with Crippen LogP contribution in [0.15, 0.2) is 82.6 Å². The van der Waals surface area contributed by atoms with E-state index in [-0.39, 0.29) is 15.4 Å². The number of aromatic hydroxyl groups is 1. The Morgan fingerprint density at radius 1 is 0.741 bits per heavy atom. The molecule has 0 fully saturated rings. The highest BCUT2D eigenvalue weighted by Crippen LogP contribution is 2.38. The van der Waals surface area contributed by atoms with Gasteiger partial charge in [-0.15, -0.1) is 0 Å². The Bertz CT molecular complexity index is 1320. The number of carboxylic acids is 1. The third-order valence-electron chi connectivity index (χ3n) is 4.53. The molecule has 0 radical (unpaired) electrons. The Labute approximate surface area is 155 Å². The molecule has 27 heavy (non-hydrogen) atoms. The number of carbonyl (C=O) groups is 1. The number of hydrogen-bond donors (Lipinski definition) is 2. The van der Waals surface area contributed by atoms with Crippen molar-refractivity contribution in [2.75, 3.05) is 0 Å². The number of carboxylic acid groups (broad SMARTS) is 1. The molecule has 0 bridgehead atoms. The number of hydrogen-bond acceptors (Lipinski definition) is 4. The molecule has 0 saturated heterocycles. The van der Waals surface area contributed by atoms with Gasteiger partial charge in [-0.1, -0.05) is 60.7 Å². The molecule has 0 spiro atoms. The topological polar surface area (TPSA) is 91.7 Å². The number of benzene rings is 4. The molecule has 4 aromatic rings. The van der Waals surface area contributed by atoms with Crippen LogP contribution in [0.2, 0.25) is 0 Å². The van der Waals surface area contributed by atoms with Gasteiger partial charge >= 0.3 is 5.97 Å². The smallest absolute Gasteiger partial charge is 0.337 e. The molecule has 0 aliphatic carbocycles. The second-order valence-corrected chi connectivity index (χ2v) is 7.96. The van der Waals surface area contributed by atoms with E-state index in [1.807, 2.05) is 0 Å². The number of aromatic carboxylic acids is 1. The summed E-state index contributed by atoms with van der Waals surface area (Å²) >= 11 is 0. The zero-order valence-corrected chi connectivity index (χ0v) is 14.8. The molecule has 0 saturated carbocycles. The summed E-state index contributed by atoms with van der Waals surface area (Å²) in [5.74, 6) is -1.74. The van der Waals surface area contributed by atoms with Crippen molar-refractivity contribution in [3.05, 3.63) is 78.4 Å². The Kier molecular flexibility index (Phi) is 3.86. The molecule has 2 N–H and O–H groups in total. The average Bonchev–Trinajstić information content (AvgIpc) is 2.67. The van der Waals surface area contributed by atoms with Gasteiger partial charge in [-0.2, -0.15) is 0 Å². The molecule has 6 heteroatoms. The summed E-state index contributed by atoms with van der Waals surface area (Å²) in [5, 5.41) is 22.1. The summed E-state index contributed by atoms with van der Waals surface area (Å²) in [7, 11) is -4.29. The minimum atomic E-state index is -4.29. The van der Waals surface area contributed by atoms with Gasteiger partial charge in [0.15, 0.2) is 0 Å². The third-order valence-corrected chi connectivity index (χ3v) is 6.42. The summed E-state index contributed by atoms with van der Waals surface area (Å²) in [6.45, 7) is 0. The summed E-state index contributed by atoms with van der Waals surface area (Å²) in [6, 6.07) is 19.2. The van der Waals surface area contributed by atoms with Gasteiger partial charge in [0, 0.05) is 10.8 Å². The molecule has 0 amide bonds. The summed E-state index contributed by atoms with van der Waals surface area (Å²) in [6.07, 6.45) is 0. The van der Waals surface area contributed by atoms with Crippen LogP contribution in [0.5, 0.6) is 5.75 Å². The van der Waals surface area contributed by atoms with Crippen molar-refractivity contribution in [2.24, 2.45) is 0 Å². The number of phenols is 1. The minimum absolute atomic E-state index is 0.296. The van der Waals surface area contributed by atoms with Crippen LogP contribution in [-0.4, -0.2) is 24.6 Å². The van der Waals surface area contributed by atoms with Crippen LogP contribution in [0.25, 0.3) is 21.5 Å². The predicted octanol–water partition coefficient (Wildman–Crippen LogP) is 4.23. The Hall–Kier alpha value is -3.38. The van der Waals surface area contributed by atoms with E-state index in [0.29, 0.717) is 21.5 Å². The molecular weight excluding hydrogens is 364 g/mol. The van der Waals surface area contributed by atoms with E-state index in [4.69, 9.17) is 0 Å². The van der Waals surface area contributed by atoms with E-state index >= 15 is 0 Å². The van der Waals surface area contributed by atoms with Crippen LogP contribution >= 0.6 is 0 Å². The van der Waals surface area contributed by atoms with Gasteiger partial charge in [0.05, 0.1) is 10.5 Å². The van der Waals surface area contributed by atoms with E-state index in [9.17, 15) is 23.4 Å². The standard InChI is InChI=1S/C21H14O5S/c22-19-15-7-3-1-5-13(15)10-12-18(19)27(25,26)20-16-8-4-2-6-14(16)9-11-17(20)21(23)24/h1-12,22H,(H,23,24). The Balaban J connectivity index is 2.11. The second kappa shape index (κ2) is 6.10. The van der Waals surface area contributed by atoms with E-state index in [1.165, 1.54) is 12.1 Å². The third kappa shape index (κ3) is 2.62. The van der Waals surface area contributed by atoms with Crippen molar-refractivity contribution in [1.82, 2.24) is 0 Å². The monoisotopic (exact) mass is 378 g/mol. The van der Waals surface area contributed by atoms with Gasteiger partial charge in [-0.3, -0.25) is 0 Å². The van der Waals surface area contributed by atoms with Gasteiger partial charge in [-0.25, -0.2) is 13.2 Å². The zero-order valence-electron chi connectivity index (χ0n) is 14.0. The molecule has 0 heterocycles. The fourth-order valence-electron chi connectivity index (χ4n) is 3.26. The van der Waals surface area contributed by atoms with Crippen LogP contribution < -0.4 is 0 Å². The van der Waals surface area contributed by atoms with E-state index in [1.54, 1.807) is 60.7 Å².